The van der Waals surface area contributed by atoms with E-state index in [1.54, 1.807) is 37.5 Å². The fraction of sp³-hybridized carbons (Fsp3) is 0.160. The molecule has 0 N–H and O–H groups in total. The number of hydrogen-bond donors (Lipinski definition) is 0. The molecule has 9 aliphatic carbocycles. The van der Waals surface area contributed by atoms with Gasteiger partial charge in [-0.3, -0.25) is 0 Å². The maximum Gasteiger partial charge on any atom is 0.0653 e. The number of ether oxygens (including phenoxy) is 1. The predicted molar refractivity (Wildman–Crippen MR) is 598 cm³/mol. The van der Waals surface area contributed by atoms with E-state index in [1.165, 1.54) is 139 Å². The molecule has 1 atom stereocenters. The van der Waals surface area contributed by atoms with Crippen LogP contribution in [0.2, 0.25) is 0 Å². The second-order valence-corrected chi connectivity index (χ2v) is 33.6. The Labute approximate surface area is 837 Å². The summed E-state index contributed by atoms with van der Waals surface area (Å²) in [6, 6.07) is 16.7. The third-order valence-corrected chi connectivity index (χ3v) is 23.2. The first-order valence-electron chi connectivity index (χ1n) is 36.7. The molecule has 0 aliphatic heterocycles. The van der Waals surface area contributed by atoms with E-state index in [0.29, 0.717) is 0 Å². The van der Waals surface area contributed by atoms with Crippen LogP contribution in [0.1, 0.15) is 112 Å². The minimum atomic E-state index is 0.223. The zero-order valence-corrected chi connectivity index (χ0v) is 88.0. The van der Waals surface area contributed by atoms with Gasteiger partial charge < -0.3 is 4.74 Å². The molecule has 0 heterocycles. The molecule has 0 fully saturated rings. The number of hydrogen-bond acceptors (Lipinski definition) is 1. The molecule has 0 saturated heterocycles. The fourth-order valence-corrected chi connectivity index (χ4v) is 17.6. The average Bonchev–Trinajstić information content (AvgIpc) is 1.64. The van der Waals surface area contributed by atoms with Crippen molar-refractivity contribution in [2.45, 2.75) is 96.0 Å². The van der Waals surface area contributed by atoms with Gasteiger partial charge in [0.05, 0.1) is 11.1 Å². The second-order valence-electron chi connectivity index (χ2n) is 25.2. The minimum Gasteiger partial charge on any atom is -0.381 e. The van der Waals surface area contributed by atoms with Gasteiger partial charge in [-0.15, -0.1) is 0 Å². The monoisotopic (exact) mass is 2630 g/mol. The lowest BCUT2D eigenvalue weighted by molar-refractivity contribution is 0.102. The first-order chi connectivity index (χ1) is 55.8. The first kappa shape index (κ1) is 106. The summed E-state index contributed by atoms with van der Waals surface area (Å²) in [5, 5.41) is 4.35. The molecule has 0 spiro atoms. The Bertz CT molecular complexity index is 4660. The van der Waals surface area contributed by atoms with E-state index in [4.69, 9.17) is 62.7 Å². The summed E-state index contributed by atoms with van der Waals surface area (Å²) in [6.07, 6.45) is 77.6. The Hall–Kier alpha value is -2.94. The zero-order valence-electron chi connectivity index (χ0n) is 64.8. The van der Waals surface area contributed by atoms with Crippen LogP contribution in [0.5, 0.6) is 0 Å². The summed E-state index contributed by atoms with van der Waals surface area (Å²) in [4.78, 5) is 0. The topological polar surface area (TPSA) is 9.23 Å². The van der Waals surface area contributed by atoms with Gasteiger partial charge in [0.25, 0.3) is 0 Å². The van der Waals surface area contributed by atoms with Crippen molar-refractivity contribution in [3.8, 4) is 0 Å². The van der Waals surface area contributed by atoms with E-state index in [2.05, 4.69) is 380 Å². The molecule has 0 amide bonds. The third-order valence-electron chi connectivity index (χ3n) is 17.6. The summed E-state index contributed by atoms with van der Waals surface area (Å²) < 4.78 is 23.5. The van der Waals surface area contributed by atoms with Crippen molar-refractivity contribution in [1.82, 2.24) is 0 Å². The van der Waals surface area contributed by atoms with Crippen LogP contribution in [0.3, 0.4) is 0 Å². The van der Waals surface area contributed by atoms with Crippen molar-refractivity contribution in [2.24, 2.45) is 0 Å². The van der Waals surface area contributed by atoms with Gasteiger partial charge in [-0.2, -0.15) is 0 Å². The van der Waals surface area contributed by atoms with Gasteiger partial charge >= 0.3 is 0 Å². The molecule has 11 rings (SSSR count). The predicted octanol–water partition coefficient (Wildman–Crippen LogP) is 38.4. The molecule has 115 heavy (non-hydrogen) atoms. The number of methoxy groups -OCH3 is 1. The highest BCUT2D eigenvalue weighted by Crippen LogP contribution is 2.45. The summed E-state index contributed by atoms with van der Waals surface area (Å²) in [5.41, 5.74) is 27.6. The highest BCUT2D eigenvalue weighted by molar-refractivity contribution is 14.1. The molecule has 0 saturated carbocycles. The quantitative estimate of drug-likeness (QED) is 0.127. The van der Waals surface area contributed by atoms with Crippen molar-refractivity contribution < 1.29 is 4.74 Å². The largest absolute Gasteiger partial charge is 0.381 e. The molecule has 1 nitrogen and oxygen atoms in total. The van der Waals surface area contributed by atoms with E-state index >= 15 is 0 Å². The van der Waals surface area contributed by atoms with E-state index in [9.17, 15) is 0 Å². The molecule has 2 aromatic carbocycles. The molecule has 9 aliphatic rings. The van der Waals surface area contributed by atoms with Crippen LogP contribution in [-0.4, -0.2) is 13.2 Å². The summed E-state index contributed by atoms with van der Waals surface area (Å²) in [6.45, 7) is 33.1. The number of rotatable bonds is 19. The molecular formula is C100H98Cl5I9O. The fourth-order valence-electron chi connectivity index (χ4n) is 12.3. The highest BCUT2D eigenvalue weighted by Gasteiger charge is 2.25. The maximum atomic E-state index is 6.38. The molecule has 0 bridgehead atoms. The van der Waals surface area contributed by atoms with E-state index < -0.39 is 0 Å². The lowest BCUT2D eigenvalue weighted by Gasteiger charge is -2.24. The van der Waals surface area contributed by atoms with Crippen LogP contribution in [-0.2, 0) is 4.74 Å². The molecule has 0 aromatic heterocycles. The second kappa shape index (κ2) is 64.8. The molecule has 2 aromatic rings. The standard InChI is InChI=1S/C14H10ClI.C14H11I.C12H14ClIO.C11H12ClI.C11H13I.C10H10ClI.C10H11I.C9H8ClI.C9H9I/c1-2-5-12-10-6-3-4-7-11(10)13(8-9-16)14(12)15;1-2-5-11-10-12(8-9-15)14-7-4-3-6-13(11)14;1-3-4-9-7-11(15-2)8-10(5-6-14)12(9)13;1-2-4-9-5-3-6-10(7-8-13)11(9)12;1-2-4-10-5-3-6-11(9-10)7-8-12;1-2-3-8-4-5-9(6-7-12)10(8)11;1-2-3-9-4-5-10(8-9)6-7-11;1-2-3-7-6-8(4-5-11)9(7)10;1-2-3-8-6-9(7-8)4-5-10/h2-9H,1H2;2-10H,1H2;3-6,11H,1,7-8H2,2H3;2,4,7-8H,1,3,5-6H2;2,4,7-9H,1,3,5-6H2;2-3,6-7H,1,4-5H2;2-3,6-8H,1,4-5H2;2-5H,1,6H2;2-6H,1,7H2/b9-8+,12-5+;9-8+,11-5-;6-5+,9-4+;8-7+,9-4+;8-7+,10-4+;7-6+,8-3+;7-6+,9-3+;5-4+,7-3+;5-4+,8-3-. The van der Waals surface area contributed by atoms with Gasteiger partial charge in [0.2, 0.25) is 0 Å². The van der Waals surface area contributed by atoms with Gasteiger partial charge in [-0.05, 0) is 237 Å². The number of fused-ring (bicyclic) bond motifs is 2. The molecule has 0 radical (unpaired) electrons. The average molecular weight is 2640 g/mol. The van der Waals surface area contributed by atoms with Gasteiger partial charge in [0, 0.05) is 57.6 Å². The van der Waals surface area contributed by atoms with Crippen LogP contribution in [0.25, 0.3) is 22.3 Å². The van der Waals surface area contributed by atoms with Crippen molar-refractivity contribution in [2.75, 3.05) is 7.11 Å². The number of halogens is 14. The summed E-state index contributed by atoms with van der Waals surface area (Å²) in [7, 11) is 1.74. The number of benzene rings is 2. The normalized spacial score (nSPS) is 20.7. The lowest BCUT2D eigenvalue weighted by Crippen LogP contribution is -2.17. The van der Waals surface area contributed by atoms with Crippen LogP contribution in [0.4, 0.5) is 0 Å². The van der Waals surface area contributed by atoms with Crippen molar-refractivity contribution >= 4 is 284 Å². The Kier molecular flexibility index (Phi) is 59.9. The molecular weight excluding hydrogens is 2540 g/mol. The molecule has 602 valence electrons. The van der Waals surface area contributed by atoms with Crippen molar-refractivity contribution in [1.29, 1.82) is 0 Å². The summed E-state index contributed by atoms with van der Waals surface area (Å²) in [5.74, 6) is 0. The maximum absolute atomic E-state index is 6.38. The van der Waals surface area contributed by atoms with Crippen molar-refractivity contribution in [3.05, 3.63) is 458 Å². The molecule has 15 heteroatoms. The van der Waals surface area contributed by atoms with Crippen LogP contribution in [0.15, 0.2) is 436 Å². The van der Waals surface area contributed by atoms with Gasteiger partial charge in [-0.1, -0.05) is 539 Å². The van der Waals surface area contributed by atoms with E-state index in [-0.39, 0.29) is 6.10 Å². The van der Waals surface area contributed by atoms with E-state index in [0.717, 1.165) is 98.8 Å². The SMILES string of the molecule is C=C/C=C1/C(Cl)=C(/C=C/I)c2ccccc21.C=C/C=C1/C=C(/C=C/I)c2ccccc21.C=C/C=C1C=C(/C=C/I)C/1.C=C/C=C1C=C(/C=C/I)CC/1.C=C/C=C1C=C(/C=C/I)CCC/1.C=C/C=C1\CC(/C=C/I)=C1Cl.C=C/C=C1\CC(OC)CC(/C=C/I)=C1Cl.C=C/C=C1\CCC(/C=C/I)=C1Cl.C=C/C=C1\CCCC(/C=C/I)=C1Cl. The number of allylic oxidation sites excluding steroid dienone is 52. The summed E-state index contributed by atoms with van der Waals surface area (Å²) >= 11 is 50.9. The van der Waals surface area contributed by atoms with Crippen molar-refractivity contribution in [3.63, 3.8) is 0 Å². The Morgan fingerprint density at radius 3 is 1.28 bits per heavy atom. The molecule has 1 unspecified atom stereocenters. The zero-order chi connectivity index (χ0) is 84.7. The van der Waals surface area contributed by atoms with Gasteiger partial charge in [-0.25, -0.2) is 0 Å². The third kappa shape index (κ3) is 38.6. The Morgan fingerprint density at radius 1 is 0.322 bits per heavy atom. The Morgan fingerprint density at radius 2 is 0.748 bits per heavy atom. The van der Waals surface area contributed by atoms with Crippen LogP contribution in [0, 0.1) is 0 Å². The smallest absolute Gasteiger partial charge is 0.0653 e. The van der Waals surface area contributed by atoms with Crippen LogP contribution < -0.4 is 0 Å². The lowest BCUT2D eigenvalue weighted by atomic mass is 9.92. The van der Waals surface area contributed by atoms with Crippen LogP contribution >= 0.6 is 261 Å². The van der Waals surface area contributed by atoms with E-state index in [1.807, 2.05) is 126 Å². The minimum absolute atomic E-state index is 0.223. The Balaban J connectivity index is 0.000000336. The van der Waals surface area contributed by atoms with Gasteiger partial charge in [0.1, 0.15) is 0 Å². The highest BCUT2D eigenvalue weighted by atomic mass is 127. The first-order valence-corrected chi connectivity index (χ1v) is 49.8. The van der Waals surface area contributed by atoms with Gasteiger partial charge in [0.15, 0.2) is 0 Å².